The largest absolute Gasteiger partial charge is 0.462 e. The first-order valence-corrected chi connectivity index (χ1v) is 11.7. The second-order valence-electron chi connectivity index (χ2n) is 8.37. The third-order valence-corrected chi connectivity index (χ3v) is 6.10. The number of para-hydroxylation sites is 1. The first-order valence-electron chi connectivity index (χ1n) is 11.7. The summed E-state index contributed by atoms with van der Waals surface area (Å²) in [4.78, 5) is 51.9. The minimum atomic E-state index is -0.774. The van der Waals surface area contributed by atoms with Crippen LogP contribution in [0.25, 0.3) is 11.8 Å². The molecule has 2 aromatic carbocycles. The fraction of sp³-hybridized carbons (Fsp3) is 0.214. The quantitative estimate of drug-likeness (QED) is 0.315. The van der Waals surface area contributed by atoms with E-state index in [1.165, 1.54) is 6.08 Å². The lowest BCUT2D eigenvalue weighted by Crippen LogP contribution is -2.54. The van der Waals surface area contributed by atoms with Crippen LogP contribution >= 0.6 is 0 Å². The number of urea groups is 1. The molecule has 1 fully saturated rings. The standard InChI is InChI=1S/C28H27N3O5/c1-5-19-10-7-8-13-24(19)31-26(33)23(25(32)29-28(31)35)16-21-14-17(3)30(18(21)4)22-12-9-11-20(15-22)27(34)36-6-2/h7-16H,5-6H2,1-4H3,(H,29,32,35)/b23-16+. The number of imide groups is 2. The molecule has 0 aliphatic carbocycles. The monoisotopic (exact) mass is 485 g/mol. The van der Waals surface area contributed by atoms with Crippen molar-refractivity contribution >= 4 is 35.6 Å². The molecule has 0 saturated carbocycles. The van der Waals surface area contributed by atoms with E-state index >= 15 is 0 Å². The van der Waals surface area contributed by atoms with Gasteiger partial charge in [-0.3, -0.25) is 14.9 Å². The highest BCUT2D eigenvalue weighted by Gasteiger charge is 2.37. The zero-order chi connectivity index (χ0) is 26.0. The van der Waals surface area contributed by atoms with E-state index in [9.17, 15) is 19.2 Å². The average molecular weight is 486 g/mol. The Labute approximate surface area is 209 Å². The SMILES string of the molecule is CCOC(=O)c1cccc(-n2c(C)cc(/C=C3\C(=O)NC(=O)N(c4ccccc4CC)C3=O)c2C)c1. The molecule has 3 aromatic rings. The molecular formula is C28H27N3O5. The molecule has 1 aliphatic rings. The van der Waals surface area contributed by atoms with Crippen molar-refractivity contribution in [3.63, 3.8) is 0 Å². The molecule has 0 radical (unpaired) electrons. The summed E-state index contributed by atoms with van der Waals surface area (Å²) in [6, 6.07) is 15.2. The number of nitrogens with one attached hydrogen (secondary N) is 1. The Morgan fingerprint density at radius 2 is 1.75 bits per heavy atom. The van der Waals surface area contributed by atoms with Gasteiger partial charge in [-0.05, 0) is 74.7 Å². The predicted octanol–water partition coefficient (Wildman–Crippen LogP) is 4.50. The summed E-state index contributed by atoms with van der Waals surface area (Å²) in [5.74, 6) is -1.84. The van der Waals surface area contributed by atoms with Gasteiger partial charge in [-0.1, -0.05) is 31.2 Å². The van der Waals surface area contributed by atoms with Gasteiger partial charge in [0.15, 0.2) is 0 Å². The van der Waals surface area contributed by atoms with E-state index in [4.69, 9.17) is 4.74 Å². The Kier molecular flexibility index (Phi) is 6.87. The molecule has 36 heavy (non-hydrogen) atoms. The number of amides is 4. The summed E-state index contributed by atoms with van der Waals surface area (Å²) in [6.45, 7) is 7.71. The topological polar surface area (TPSA) is 97.7 Å². The first kappa shape index (κ1) is 24.7. The Hall–Kier alpha value is -4.46. The minimum Gasteiger partial charge on any atom is -0.462 e. The van der Waals surface area contributed by atoms with Gasteiger partial charge in [0.05, 0.1) is 17.9 Å². The molecule has 1 N–H and O–H groups in total. The molecular weight excluding hydrogens is 458 g/mol. The lowest BCUT2D eigenvalue weighted by Gasteiger charge is -2.28. The van der Waals surface area contributed by atoms with E-state index in [0.29, 0.717) is 23.2 Å². The molecule has 0 unspecified atom stereocenters. The highest BCUT2D eigenvalue weighted by molar-refractivity contribution is 6.39. The lowest BCUT2D eigenvalue weighted by molar-refractivity contribution is -0.122. The summed E-state index contributed by atoms with van der Waals surface area (Å²) in [7, 11) is 0. The molecule has 2 heterocycles. The molecule has 8 heteroatoms. The third-order valence-electron chi connectivity index (χ3n) is 6.10. The van der Waals surface area contributed by atoms with Gasteiger partial charge in [-0.25, -0.2) is 14.5 Å². The van der Waals surface area contributed by atoms with Gasteiger partial charge in [-0.2, -0.15) is 0 Å². The maximum absolute atomic E-state index is 13.4. The lowest BCUT2D eigenvalue weighted by atomic mass is 10.0. The van der Waals surface area contributed by atoms with Crippen molar-refractivity contribution in [3.8, 4) is 5.69 Å². The molecule has 0 bridgehead atoms. The number of carbonyl (C=O) groups is 4. The number of carbonyl (C=O) groups excluding carboxylic acids is 4. The second-order valence-corrected chi connectivity index (χ2v) is 8.37. The van der Waals surface area contributed by atoms with Crippen molar-refractivity contribution in [1.82, 2.24) is 9.88 Å². The van der Waals surface area contributed by atoms with Crippen LogP contribution < -0.4 is 10.2 Å². The van der Waals surface area contributed by atoms with Crippen molar-refractivity contribution in [2.45, 2.75) is 34.1 Å². The second kappa shape index (κ2) is 10.0. The smallest absolute Gasteiger partial charge is 0.338 e. The number of esters is 1. The van der Waals surface area contributed by atoms with E-state index in [-0.39, 0.29) is 12.2 Å². The summed E-state index contributed by atoms with van der Waals surface area (Å²) in [5.41, 5.74) is 4.54. The van der Waals surface area contributed by atoms with E-state index in [0.717, 1.165) is 27.5 Å². The van der Waals surface area contributed by atoms with Crippen molar-refractivity contribution in [2.75, 3.05) is 11.5 Å². The Morgan fingerprint density at radius 1 is 1.00 bits per heavy atom. The number of rotatable bonds is 6. The first-order chi connectivity index (χ1) is 17.3. The summed E-state index contributed by atoms with van der Waals surface area (Å²) in [6.07, 6.45) is 2.12. The molecule has 4 amide bonds. The normalized spacial score (nSPS) is 14.8. The van der Waals surface area contributed by atoms with Crippen LogP contribution in [0, 0.1) is 13.8 Å². The van der Waals surface area contributed by atoms with Crippen LogP contribution in [0.3, 0.4) is 0 Å². The van der Waals surface area contributed by atoms with E-state index < -0.39 is 23.8 Å². The molecule has 0 spiro atoms. The predicted molar refractivity (Wildman–Crippen MR) is 136 cm³/mol. The zero-order valence-corrected chi connectivity index (χ0v) is 20.6. The van der Waals surface area contributed by atoms with Crippen molar-refractivity contribution in [2.24, 2.45) is 0 Å². The number of benzene rings is 2. The maximum Gasteiger partial charge on any atom is 0.338 e. The van der Waals surface area contributed by atoms with Crippen LogP contribution in [0.5, 0.6) is 0 Å². The Morgan fingerprint density at radius 3 is 2.47 bits per heavy atom. The van der Waals surface area contributed by atoms with E-state index in [2.05, 4.69) is 5.32 Å². The van der Waals surface area contributed by atoms with Crippen molar-refractivity contribution in [1.29, 1.82) is 0 Å². The summed E-state index contributed by atoms with van der Waals surface area (Å²) < 4.78 is 7.03. The van der Waals surface area contributed by atoms with Crippen molar-refractivity contribution < 1.29 is 23.9 Å². The Balaban J connectivity index is 1.75. The van der Waals surface area contributed by atoms with Crippen LogP contribution in [0.1, 0.15) is 46.7 Å². The summed E-state index contributed by atoms with van der Waals surface area (Å²) in [5, 5.41) is 2.29. The number of aryl methyl sites for hydroxylation is 2. The van der Waals surface area contributed by atoms with Crippen LogP contribution in [0.15, 0.2) is 60.2 Å². The summed E-state index contributed by atoms with van der Waals surface area (Å²) >= 11 is 0. The minimum absolute atomic E-state index is 0.138. The molecule has 4 rings (SSSR count). The van der Waals surface area contributed by atoms with Gasteiger partial charge in [-0.15, -0.1) is 0 Å². The van der Waals surface area contributed by atoms with Gasteiger partial charge in [0.2, 0.25) is 0 Å². The fourth-order valence-electron chi connectivity index (χ4n) is 4.38. The van der Waals surface area contributed by atoms with Gasteiger partial charge >= 0.3 is 12.0 Å². The maximum atomic E-state index is 13.4. The number of nitrogens with zero attached hydrogens (tertiary/aromatic N) is 2. The van der Waals surface area contributed by atoms with Gasteiger partial charge in [0, 0.05) is 17.1 Å². The van der Waals surface area contributed by atoms with Gasteiger partial charge < -0.3 is 9.30 Å². The molecule has 0 atom stereocenters. The van der Waals surface area contributed by atoms with Gasteiger partial charge in [0.25, 0.3) is 11.8 Å². The van der Waals surface area contributed by atoms with Gasteiger partial charge in [0.1, 0.15) is 5.57 Å². The number of barbiturate groups is 1. The van der Waals surface area contributed by atoms with E-state index in [1.54, 1.807) is 37.3 Å². The van der Waals surface area contributed by atoms with Crippen LogP contribution in [0.2, 0.25) is 0 Å². The fourth-order valence-corrected chi connectivity index (χ4v) is 4.38. The van der Waals surface area contributed by atoms with Crippen LogP contribution in [-0.4, -0.2) is 35.0 Å². The average Bonchev–Trinajstić information content (AvgIpc) is 3.14. The molecule has 184 valence electrons. The van der Waals surface area contributed by atoms with Crippen LogP contribution in [-0.2, 0) is 20.7 Å². The number of hydrogen-bond acceptors (Lipinski definition) is 5. The third kappa shape index (κ3) is 4.45. The molecule has 1 saturated heterocycles. The number of anilines is 1. The van der Waals surface area contributed by atoms with E-state index in [1.807, 2.05) is 49.6 Å². The molecule has 1 aliphatic heterocycles. The molecule has 1 aromatic heterocycles. The Bertz CT molecular complexity index is 1420. The van der Waals surface area contributed by atoms with Crippen LogP contribution in [0.4, 0.5) is 10.5 Å². The number of ether oxygens (including phenoxy) is 1. The zero-order valence-electron chi connectivity index (χ0n) is 20.6. The number of hydrogen-bond donors (Lipinski definition) is 1. The molecule has 8 nitrogen and oxygen atoms in total. The van der Waals surface area contributed by atoms with Crippen molar-refractivity contribution in [3.05, 3.63) is 88.2 Å². The number of aromatic nitrogens is 1. The highest BCUT2D eigenvalue weighted by Crippen LogP contribution is 2.28. The highest BCUT2D eigenvalue weighted by atomic mass is 16.5.